The fourth-order valence-corrected chi connectivity index (χ4v) is 3.42. The Morgan fingerprint density at radius 2 is 1.81 bits per heavy atom. The second-order valence-electron chi connectivity index (χ2n) is 4.71. The average Bonchev–Trinajstić information content (AvgIpc) is 2.85. The van der Waals surface area contributed by atoms with Crippen molar-refractivity contribution in [2.45, 2.75) is 6.92 Å². The molecule has 0 atom stereocenters. The molecule has 1 aromatic heterocycles. The predicted molar refractivity (Wildman–Crippen MR) is 87.5 cm³/mol. The number of hydrogen-bond donors (Lipinski definition) is 1. The monoisotopic (exact) mass is 297 g/mol. The number of anilines is 1. The lowest BCUT2D eigenvalue weighted by Gasteiger charge is -2.09. The van der Waals surface area contributed by atoms with Gasteiger partial charge in [-0.3, -0.25) is 4.79 Å². The molecule has 106 valence electrons. The van der Waals surface area contributed by atoms with E-state index < -0.39 is 0 Å². The topological polar surface area (TPSA) is 38.3 Å². The van der Waals surface area contributed by atoms with Gasteiger partial charge < -0.3 is 10.1 Å². The van der Waals surface area contributed by atoms with Crippen molar-refractivity contribution < 1.29 is 9.53 Å². The second kappa shape index (κ2) is 5.58. The first-order valence-electron chi connectivity index (χ1n) is 6.63. The SMILES string of the molecule is COc1ccccc1NC(=O)c1sc2ccccc2c1C. The van der Waals surface area contributed by atoms with Gasteiger partial charge in [0.15, 0.2) is 0 Å². The summed E-state index contributed by atoms with van der Waals surface area (Å²) in [5.41, 5.74) is 1.70. The van der Waals surface area contributed by atoms with Crippen LogP contribution in [0.5, 0.6) is 5.75 Å². The van der Waals surface area contributed by atoms with Gasteiger partial charge in [-0.1, -0.05) is 30.3 Å². The fourth-order valence-electron chi connectivity index (χ4n) is 2.32. The van der Waals surface area contributed by atoms with Gasteiger partial charge in [-0.2, -0.15) is 0 Å². The van der Waals surface area contributed by atoms with Crippen molar-refractivity contribution in [2.75, 3.05) is 12.4 Å². The van der Waals surface area contributed by atoms with E-state index in [2.05, 4.69) is 5.32 Å². The molecule has 4 heteroatoms. The molecule has 0 unspecified atom stereocenters. The van der Waals surface area contributed by atoms with Gasteiger partial charge in [0.25, 0.3) is 5.91 Å². The molecule has 0 aliphatic rings. The number of para-hydroxylation sites is 2. The third-order valence-corrected chi connectivity index (χ3v) is 4.68. The Balaban J connectivity index is 1.96. The maximum atomic E-state index is 12.5. The zero-order valence-corrected chi connectivity index (χ0v) is 12.7. The summed E-state index contributed by atoms with van der Waals surface area (Å²) >= 11 is 1.51. The third-order valence-electron chi connectivity index (χ3n) is 3.41. The van der Waals surface area contributed by atoms with Gasteiger partial charge in [-0.05, 0) is 36.1 Å². The lowest BCUT2D eigenvalue weighted by Crippen LogP contribution is -2.12. The smallest absolute Gasteiger partial charge is 0.266 e. The Labute approximate surface area is 127 Å². The summed E-state index contributed by atoms with van der Waals surface area (Å²) in [7, 11) is 1.59. The summed E-state index contributed by atoms with van der Waals surface area (Å²) in [5.74, 6) is 0.558. The number of thiophene rings is 1. The van der Waals surface area contributed by atoms with Crippen molar-refractivity contribution in [3.63, 3.8) is 0 Å². The molecule has 2 aromatic carbocycles. The first-order valence-corrected chi connectivity index (χ1v) is 7.45. The van der Waals surface area contributed by atoms with Gasteiger partial charge in [-0.15, -0.1) is 11.3 Å². The standard InChI is InChI=1S/C17H15NO2S/c1-11-12-7-3-6-10-15(12)21-16(11)17(19)18-13-8-4-5-9-14(13)20-2/h3-10H,1-2H3,(H,18,19). The summed E-state index contributed by atoms with van der Waals surface area (Å²) < 4.78 is 6.39. The summed E-state index contributed by atoms with van der Waals surface area (Å²) in [6.07, 6.45) is 0. The Bertz CT molecular complexity index is 807. The molecule has 0 saturated carbocycles. The Kier molecular flexibility index (Phi) is 3.62. The van der Waals surface area contributed by atoms with Crippen LogP contribution >= 0.6 is 11.3 Å². The van der Waals surface area contributed by atoms with Gasteiger partial charge in [0.2, 0.25) is 0 Å². The number of fused-ring (bicyclic) bond motifs is 1. The number of carbonyl (C=O) groups excluding carboxylic acids is 1. The molecule has 0 radical (unpaired) electrons. The highest BCUT2D eigenvalue weighted by molar-refractivity contribution is 7.21. The highest BCUT2D eigenvalue weighted by Gasteiger charge is 2.16. The average molecular weight is 297 g/mol. The molecule has 1 amide bonds. The van der Waals surface area contributed by atoms with Crippen LogP contribution in [0.15, 0.2) is 48.5 Å². The molecule has 1 N–H and O–H groups in total. The van der Waals surface area contributed by atoms with Crippen molar-refractivity contribution in [3.8, 4) is 5.75 Å². The van der Waals surface area contributed by atoms with Crippen molar-refractivity contribution in [1.29, 1.82) is 0 Å². The van der Waals surface area contributed by atoms with Crippen LogP contribution < -0.4 is 10.1 Å². The van der Waals surface area contributed by atoms with Crippen LogP contribution in [-0.4, -0.2) is 13.0 Å². The van der Waals surface area contributed by atoms with Crippen molar-refractivity contribution in [1.82, 2.24) is 0 Å². The van der Waals surface area contributed by atoms with Crippen molar-refractivity contribution >= 4 is 33.0 Å². The van der Waals surface area contributed by atoms with E-state index >= 15 is 0 Å². The van der Waals surface area contributed by atoms with Crippen LogP contribution in [0.1, 0.15) is 15.2 Å². The number of carbonyl (C=O) groups is 1. The van der Waals surface area contributed by atoms with E-state index in [0.29, 0.717) is 11.4 Å². The molecule has 21 heavy (non-hydrogen) atoms. The van der Waals surface area contributed by atoms with E-state index in [1.54, 1.807) is 7.11 Å². The molecule has 0 aliphatic heterocycles. The van der Waals surface area contributed by atoms with Gasteiger partial charge in [0.05, 0.1) is 17.7 Å². The van der Waals surface area contributed by atoms with Crippen LogP contribution in [0.3, 0.4) is 0 Å². The minimum atomic E-state index is -0.0989. The maximum Gasteiger partial charge on any atom is 0.266 e. The minimum Gasteiger partial charge on any atom is -0.495 e. The number of amides is 1. The Hall–Kier alpha value is -2.33. The highest BCUT2D eigenvalue weighted by atomic mass is 32.1. The number of aryl methyl sites for hydroxylation is 1. The quantitative estimate of drug-likeness (QED) is 0.774. The van der Waals surface area contributed by atoms with E-state index in [-0.39, 0.29) is 5.91 Å². The Morgan fingerprint density at radius 1 is 1.10 bits per heavy atom. The molecular formula is C17H15NO2S. The van der Waals surface area contributed by atoms with Crippen molar-refractivity contribution in [3.05, 3.63) is 59.0 Å². The summed E-state index contributed by atoms with van der Waals surface area (Å²) in [6.45, 7) is 1.98. The zero-order valence-electron chi connectivity index (χ0n) is 11.8. The molecule has 0 spiro atoms. The number of nitrogens with one attached hydrogen (secondary N) is 1. The van der Waals surface area contributed by atoms with E-state index in [9.17, 15) is 4.79 Å². The number of hydrogen-bond acceptors (Lipinski definition) is 3. The number of methoxy groups -OCH3 is 1. The number of benzene rings is 2. The van der Waals surface area contributed by atoms with Crippen LogP contribution in [0.2, 0.25) is 0 Å². The summed E-state index contributed by atoms with van der Waals surface area (Å²) in [5, 5.41) is 4.06. The third kappa shape index (κ3) is 2.50. The molecule has 1 heterocycles. The van der Waals surface area contributed by atoms with Crippen LogP contribution in [0.25, 0.3) is 10.1 Å². The molecular weight excluding hydrogens is 282 g/mol. The lowest BCUT2D eigenvalue weighted by atomic mass is 10.1. The maximum absolute atomic E-state index is 12.5. The van der Waals surface area contributed by atoms with Crippen LogP contribution in [-0.2, 0) is 0 Å². The van der Waals surface area contributed by atoms with Crippen molar-refractivity contribution in [2.24, 2.45) is 0 Å². The van der Waals surface area contributed by atoms with E-state index in [1.165, 1.54) is 11.3 Å². The first-order chi connectivity index (χ1) is 10.2. The summed E-state index contributed by atoms with van der Waals surface area (Å²) in [6, 6.07) is 15.5. The van der Waals surface area contributed by atoms with Gasteiger partial charge >= 0.3 is 0 Å². The van der Waals surface area contributed by atoms with Crippen LogP contribution in [0.4, 0.5) is 5.69 Å². The molecule has 0 saturated heterocycles. The van der Waals surface area contributed by atoms with E-state index in [1.807, 2.05) is 55.5 Å². The van der Waals surface area contributed by atoms with E-state index in [4.69, 9.17) is 4.74 Å². The molecule has 3 nitrogen and oxygen atoms in total. The highest BCUT2D eigenvalue weighted by Crippen LogP contribution is 2.32. The Morgan fingerprint density at radius 3 is 2.57 bits per heavy atom. The van der Waals surface area contributed by atoms with E-state index in [0.717, 1.165) is 20.5 Å². The molecule has 0 bridgehead atoms. The number of rotatable bonds is 3. The van der Waals surface area contributed by atoms with Gasteiger partial charge in [-0.25, -0.2) is 0 Å². The molecule has 0 aliphatic carbocycles. The summed E-state index contributed by atoms with van der Waals surface area (Å²) in [4.78, 5) is 13.3. The minimum absolute atomic E-state index is 0.0989. The first kappa shape index (κ1) is 13.6. The largest absolute Gasteiger partial charge is 0.495 e. The zero-order chi connectivity index (χ0) is 14.8. The fraction of sp³-hybridized carbons (Fsp3) is 0.118. The van der Waals surface area contributed by atoms with Gasteiger partial charge in [0.1, 0.15) is 5.75 Å². The molecule has 3 rings (SSSR count). The molecule has 3 aromatic rings. The van der Waals surface area contributed by atoms with Gasteiger partial charge in [0, 0.05) is 4.70 Å². The lowest BCUT2D eigenvalue weighted by molar-refractivity contribution is 0.102. The second-order valence-corrected chi connectivity index (χ2v) is 5.76. The normalized spacial score (nSPS) is 10.6. The predicted octanol–water partition coefficient (Wildman–Crippen LogP) is 4.47. The molecule has 0 fully saturated rings. The number of ether oxygens (including phenoxy) is 1. The van der Waals surface area contributed by atoms with Crippen LogP contribution in [0, 0.1) is 6.92 Å².